The molecule has 12 heavy (non-hydrogen) atoms. The summed E-state index contributed by atoms with van der Waals surface area (Å²) in [6.45, 7) is 1.43. The van der Waals surface area contributed by atoms with E-state index < -0.39 is 6.04 Å². The fraction of sp³-hybridized carbons (Fsp3) is 0.333. The third-order valence-electron chi connectivity index (χ3n) is 1.82. The Hall–Kier alpha value is -0.930. The second kappa shape index (κ2) is 3.65. The number of aliphatic hydroxyl groups excluding tert-OH is 1. The van der Waals surface area contributed by atoms with E-state index in [1.807, 2.05) is 0 Å². The minimum atomic E-state index is -0.620. The summed E-state index contributed by atoms with van der Waals surface area (Å²) in [6, 6.07) is 4.36. The zero-order chi connectivity index (χ0) is 9.14. The van der Waals surface area contributed by atoms with Crippen LogP contribution in [0.3, 0.4) is 0 Å². The molecule has 66 valence electrons. The van der Waals surface area contributed by atoms with Crippen LogP contribution in [0.15, 0.2) is 18.2 Å². The van der Waals surface area contributed by atoms with Crippen molar-refractivity contribution in [1.82, 2.24) is 0 Å². The van der Waals surface area contributed by atoms with Gasteiger partial charge in [-0.05, 0) is 12.5 Å². The molecule has 0 aliphatic heterocycles. The molecular formula is C9H12FNO. The van der Waals surface area contributed by atoms with E-state index in [0.717, 1.165) is 0 Å². The van der Waals surface area contributed by atoms with Gasteiger partial charge in [0.05, 0.1) is 12.6 Å². The van der Waals surface area contributed by atoms with E-state index in [1.165, 1.54) is 0 Å². The third kappa shape index (κ3) is 1.62. The summed E-state index contributed by atoms with van der Waals surface area (Å²) in [7, 11) is 0. The standard InChI is InChI=1S/C9H12FNO/c1-6-3-2-4-7(9(6)10)8(11)5-12/h2-4,8,12H,5,11H2,1H3/t8-/m0/s1. The lowest BCUT2D eigenvalue weighted by molar-refractivity contribution is 0.265. The van der Waals surface area contributed by atoms with Gasteiger partial charge in [0, 0.05) is 5.56 Å². The summed E-state index contributed by atoms with van der Waals surface area (Å²) >= 11 is 0. The topological polar surface area (TPSA) is 46.2 Å². The molecule has 0 radical (unpaired) electrons. The van der Waals surface area contributed by atoms with Crippen LogP contribution < -0.4 is 5.73 Å². The van der Waals surface area contributed by atoms with Crippen molar-refractivity contribution < 1.29 is 9.50 Å². The Kier molecular flexibility index (Phi) is 2.78. The molecule has 0 saturated heterocycles. The highest BCUT2D eigenvalue weighted by molar-refractivity contribution is 5.27. The van der Waals surface area contributed by atoms with Crippen molar-refractivity contribution in [2.75, 3.05) is 6.61 Å². The van der Waals surface area contributed by atoms with Gasteiger partial charge in [0.2, 0.25) is 0 Å². The first-order valence-corrected chi connectivity index (χ1v) is 3.78. The monoisotopic (exact) mass is 169 g/mol. The maximum absolute atomic E-state index is 13.2. The van der Waals surface area contributed by atoms with Crippen molar-refractivity contribution >= 4 is 0 Å². The van der Waals surface area contributed by atoms with Crippen molar-refractivity contribution in [3.8, 4) is 0 Å². The van der Waals surface area contributed by atoms with Crippen molar-refractivity contribution in [1.29, 1.82) is 0 Å². The van der Waals surface area contributed by atoms with Crippen molar-refractivity contribution in [3.63, 3.8) is 0 Å². The van der Waals surface area contributed by atoms with Crippen LogP contribution in [0.4, 0.5) is 4.39 Å². The number of halogens is 1. The molecule has 0 fully saturated rings. The van der Waals surface area contributed by atoms with Gasteiger partial charge in [0.1, 0.15) is 5.82 Å². The van der Waals surface area contributed by atoms with E-state index >= 15 is 0 Å². The SMILES string of the molecule is Cc1cccc([C@@H](N)CO)c1F. The summed E-state index contributed by atoms with van der Waals surface area (Å²) in [5.74, 6) is -0.320. The average Bonchev–Trinajstić information content (AvgIpc) is 2.08. The molecule has 0 aliphatic carbocycles. The minimum Gasteiger partial charge on any atom is -0.394 e. The number of hydrogen-bond donors (Lipinski definition) is 2. The Labute approximate surface area is 70.8 Å². The average molecular weight is 169 g/mol. The second-order valence-corrected chi connectivity index (χ2v) is 2.77. The van der Waals surface area contributed by atoms with Gasteiger partial charge in [-0.1, -0.05) is 18.2 Å². The highest BCUT2D eigenvalue weighted by atomic mass is 19.1. The zero-order valence-corrected chi connectivity index (χ0v) is 6.92. The molecule has 0 unspecified atom stereocenters. The number of benzene rings is 1. The van der Waals surface area contributed by atoms with Crippen LogP contribution in [0.5, 0.6) is 0 Å². The van der Waals surface area contributed by atoms with Gasteiger partial charge in [0.15, 0.2) is 0 Å². The lowest BCUT2D eigenvalue weighted by atomic mass is 10.0. The van der Waals surface area contributed by atoms with Crippen LogP contribution in [0, 0.1) is 12.7 Å². The third-order valence-corrected chi connectivity index (χ3v) is 1.82. The second-order valence-electron chi connectivity index (χ2n) is 2.77. The fourth-order valence-electron chi connectivity index (χ4n) is 1.05. The molecule has 1 aromatic carbocycles. The Balaban J connectivity index is 3.07. The first kappa shape index (κ1) is 9.16. The van der Waals surface area contributed by atoms with Gasteiger partial charge in [-0.2, -0.15) is 0 Å². The van der Waals surface area contributed by atoms with Gasteiger partial charge in [-0.25, -0.2) is 4.39 Å². The maximum atomic E-state index is 13.2. The van der Waals surface area contributed by atoms with Gasteiger partial charge in [-0.3, -0.25) is 0 Å². The summed E-state index contributed by atoms with van der Waals surface area (Å²) in [5, 5.41) is 8.71. The van der Waals surface area contributed by atoms with E-state index in [4.69, 9.17) is 10.8 Å². The van der Waals surface area contributed by atoms with Crippen molar-refractivity contribution in [3.05, 3.63) is 35.1 Å². The number of hydrogen-bond acceptors (Lipinski definition) is 2. The number of aryl methyl sites for hydroxylation is 1. The van der Waals surface area contributed by atoms with Crippen LogP contribution in [0.25, 0.3) is 0 Å². The Morgan fingerprint density at radius 1 is 1.58 bits per heavy atom. The van der Waals surface area contributed by atoms with Crippen LogP contribution in [-0.2, 0) is 0 Å². The van der Waals surface area contributed by atoms with E-state index in [1.54, 1.807) is 25.1 Å². The zero-order valence-electron chi connectivity index (χ0n) is 6.92. The van der Waals surface area contributed by atoms with Gasteiger partial charge >= 0.3 is 0 Å². The smallest absolute Gasteiger partial charge is 0.130 e. The van der Waals surface area contributed by atoms with Crippen LogP contribution in [0.2, 0.25) is 0 Å². The molecule has 0 amide bonds. The predicted octanol–water partition coefficient (Wildman–Crippen LogP) is 1.13. The summed E-state index contributed by atoms with van der Waals surface area (Å²) in [4.78, 5) is 0. The van der Waals surface area contributed by atoms with Crippen LogP contribution >= 0.6 is 0 Å². The van der Waals surface area contributed by atoms with Gasteiger partial charge < -0.3 is 10.8 Å². The van der Waals surface area contributed by atoms with E-state index in [9.17, 15) is 4.39 Å². The van der Waals surface area contributed by atoms with Crippen LogP contribution in [-0.4, -0.2) is 11.7 Å². The molecule has 0 spiro atoms. The molecule has 0 aromatic heterocycles. The largest absolute Gasteiger partial charge is 0.394 e. The Morgan fingerprint density at radius 2 is 2.25 bits per heavy atom. The molecule has 1 atom stereocenters. The molecule has 1 aromatic rings. The number of aliphatic hydroxyl groups is 1. The van der Waals surface area contributed by atoms with Gasteiger partial charge in [-0.15, -0.1) is 0 Å². The lowest BCUT2D eigenvalue weighted by Gasteiger charge is -2.10. The normalized spacial score (nSPS) is 13.0. The Morgan fingerprint density at radius 3 is 2.83 bits per heavy atom. The van der Waals surface area contributed by atoms with Crippen LogP contribution in [0.1, 0.15) is 17.2 Å². The first-order valence-electron chi connectivity index (χ1n) is 3.78. The van der Waals surface area contributed by atoms with E-state index in [0.29, 0.717) is 11.1 Å². The number of rotatable bonds is 2. The number of nitrogens with two attached hydrogens (primary N) is 1. The molecule has 3 heteroatoms. The summed E-state index contributed by atoms with van der Waals surface area (Å²) in [6.07, 6.45) is 0. The van der Waals surface area contributed by atoms with Crippen molar-refractivity contribution in [2.45, 2.75) is 13.0 Å². The Bertz CT molecular complexity index is 275. The quantitative estimate of drug-likeness (QED) is 0.697. The molecule has 1 rings (SSSR count). The summed E-state index contributed by atoms with van der Waals surface area (Å²) in [5.41, 5.74) is 6.40. The molecule has 0 aliphatic rings. The van der Waals surface area contributed by atoms with Crippen molar-refractivity contribution in [2.24, 2.45) is 5.73 Å². The predicted molar refractivity (Wildman–Crippen MR) is 45.2 cm³/mol. The fourth-order valence-corrected chi connectivity index (χ4v) is 1.05. The summed E-state index contributed by atoms with van der Waals surface area (Å²) < 4.78 is 13.2. The molecular weight excluding hydrogens is 157 g/mol. The van der Waals surface area contributed by atoms with E-state index in [2.05, 4.69) is 0 Å². The maximum Gasteiger partial charge on any atom is 0.130 e. The molecule has 0 heterocycles. The molecule has 2 nitrogen and oxygen atoms in total. The molecule has 0 bridgehead atoms. The minimum absolute atomic E-state index is 0.236. The lowest BCUT2D eigenvalue weighted by Crippen LogP contribution is -2.16. The highest BCUT2D eigenvalue weighted by Gasteiger charge is 2.10. The van der Waals surface area contributed by atoms with Gasteiger partial charge in [0.25, 0.3) is 0 Å². The highest BCUT2D eigenvalue weighted by Crippen LogP contribution is 2.17. The first-order chi connectivity index (χ1) is 5.66. The molecule has 0 saturated carbocycles. The van der Waals surface area contributed by atoms with E-state index in [-0.39, 0.29) is 12.4 Å². The molecule has 3 N–H and O–H groups in total.